The Morgan fingerprint density at radius 2 is 1.79 bits per heavy atom. The maximum absolute atomic E-state index is 12.4. The standard InChI is InChI=1S/C21H24BrNO/c1-2-20(18-10-9-16-5-3-4-6-17(16)14-18)23-21(24)13-15-7-11-19(22)12-8-15/h7-12,14,20H,2-6,13H2,1H3,(H,23,24). The van der Waals surface area contributed by atoms with Crippen LogP contribution in [0.25, 0.3) is 0 Å². The van der Waals surface area contributed by atoms with Gasteiger partial charge < -0.3 is 5.32 Å². The number of halogens is 1. The molecule has 0 radical (unpaired) electrons. The predicted molar refractivity (Wildman–Crippen MR) is 102 cm³/mol. The Morgan fingerprint density at radius 3 is 2.50 bits per heavy atom. The molecule has 0 fully saturated rings. The highest BCUT2D eigenvalue weighted by molar-refractivity contribution is 9.10. The van der Waals surface area contributed by atoms with Crippen LogP contribution in [0, 0.1) is 0 Å². The molecule has 0 saturated carbocycles. The molecule has 126 valence electrons. The molecule has 24 heavy (non-hydrogen) atoms. The SMILES string of the molecule is CCC(NC(=O)Cc1ccc(Br)cc1)c1ccc2c(c1)CCCC2. The zero-order chi connectivity index (χ0) is 16.9. The lowest BCUT2D eigenvalue weighted by Crippen LogP contribution is -2.29. The number of benzene rings is 2. The average Bonchev–Trinajstić information content (AvgIpc) is 2.61. The van der Waals surface area contributed by atoms with Crippen molar-refractivity contribution in [3.05, 3.63) is 69.2 Å². The first-order chi connectivity index (χ1) is 11.7. The third kappa shape index (κ3) is 4.27. The van der Waals surface area contributed by atoms with E-state index in [-0.39, 0.29) is 11.9 Å². The molecule has 2 nitrogen and oxygen atoms in total. The van der Waals surface area contributed by atoms with Gasteiger partial charge in [-0.25, -0.2) is 0 Å². The molecule has 1 aliphatic carbocycles. The van der Waals surface area contributed by atoms with Gasteiger partial charge >= 0.3 is 0 Å². The summed E-state index contributed by atoms with van der Waals surface area (Å²) in [5.41, 5.74) is 5.23. The fourth-order valence-corrected chi connectivity index (χ4v) is 3.69. The largest absolute Gasteiger partial charge is 0.349 e. The van der Waals surface area contributed by atoms with Crippen LogP contribution >= 0.6 is 15.9 Å². The summed E-state index contributed by atoms with van der Waals surface area (Å²) in [5.74, 6) is 0.0851. The molecule has 2 aromatic rings. The predicted octanol–water partition coefficient (Wildman–Crippen LogP) is 5.14. The molecule has 3 heteroatoms. The zero-order valence-corrected chi connectivity index (χ0v) is 15.7. The van der Waals surface area contributed by atoms with Crippen LogP contribution in [0.15, 0.2) is 46.9 Å². The minimum absolute atomic E-state index is 0.0851. The Bertz CT molecular complexity index is 708. The molecule has 1 N–H and O–H groups in total. The van der Waals surface area contributed by atoms with Gasteiger partial charge in [-0.1, -0.05) is 53.2 Å². The van der Waals surface area contributed by atoms with Gasteiger partial charge in [-0.15, -0.1) is 0 Å². The van der Waals surface area contributed by atoms with Crippen LogP contribution in [0.1, 0.15) is 54.5 Å². The summed E-state index contributed by atoms with van der Waals surface area (Å²) in [7, 11) is 0. The van der Waals surface area contributed by atoms with Crippen LogP contribution in [0.2, 0.25) is 0 Å². The monoisotopic (exact) mass is 385 g/mol. The van der Waals surface area contributed by atoms with E-state index in [0.29, 0.717) is 6.42 Å². The molecule has 2 aromatic carbocycles. The highest BCUT2D eigenvalue weighted by Gasteiger charge is 2.16. The summed E-state index contributed by atoms with van der Waals surface area (Å²) < 4.78 is 1.03. The van der Waals surface area contributed by atoms with Gasteiger partial charge in [0.25, 0.3) is 0 Å². The zero-order valence-electron chi connectivity index (χ0n) is 14.1. The van der Waals surface area contributed by atoms with Gasteiger partial charge in [0.15, 0.2) is 0 Å². The molecule has 1 aliphatic rings. The highest BCUT2D eigenvalue weighted by Crippen LogP contribution is 2.26. The summed E-state index contributed by atoms with van der Waals surface area (Å²) in [4.78, 5) is 12.4. The second kappa shape index (κ2) is 7.98. The first-order valence-electron chi connectivity index (χ1n) is 8.81. The molecular weight excluding hydrogens is 362 g/mol. The second-order valence-corrected chi connectivity index (χ2v) is 7.48. The van der Waals surface area contributed by atoms with Crippen molar-refractivity contribution in [1.29, 1.82) is 0 Å². The van der Waals surface area contributed by atoms with Gasteiger partial charge in [0.1, 0.15) is 0 Å². The fraction of sp³-hybridized carbons (Fsp3) is 0.381. The summed E-state index contributed by atoms with van der Waals surface area (Å²) in [6.45, 7) is 2.13. The summed E-state index contributed by atoms with van der Waals surface area (Å²) in [6.07, 6.45) is 6.28. The topological polar surface area (TPSA) is 29.1 Å². The fourth-order valence-electron chi connectivity index (χ4n) is 3.42. The van der Waals surface area contributed by atoms with E-state index < -0.39 is 0 Å². The van der Waals surface area contributed by atoms with Crippen molar-refractivity contribution in [3.63, 3.8) is 0 Å². The molecule has 0 spiro atoms. The summed E-state index contributed by atoms with van der Waals surface area (Å²) in [5, 5.41) is 3.20. The van der Waals surface area contributed by atoms with E-state index in [1.54, 1.807) is 0 Å². The normalized spacial score (nSPS) is 14.8. The van der Waals surface area contributed by atoms with E-state index in [1.165, 1.54) is 42.4 Å². The number of aryl methyl sites for hydroxylation is 2. The Hall–Kier alpha value is -1.61. The Kier molecular flexibility index (Phi) is 5.72. The lowest BCUT2D eigenvalue weighted by molar-refractivity contribution is -0.121. The van der Waals surface area contributed by atoms with Crippen molar-refractivity contribution in [2.24, 2.45) is 0 Å². The number of rotatable bonds is 5. The molecule has 0 aromatic heterocycles. The molecule has 0 aliphatic heterocycles. The molecule has 0 bridgehead atoms. The molecule has 1 amide bonds. The van der Waals surface area contributed by atoms with E-state index >= 15 is 0 Å². The highest BCUT2D eigenvalue weighted by atomic mass is 79.9. The Balaban J connectivity index is 1.67. The molecule has 1 atom stereocenters. The van der Waals surface area contributed by atoms with Crippen molar-refractivity contribution in [3.8, 4) is 0 Å². The third-order valence-corrected chi connectivity index (χ3v) is 5.32. The van der Waals surface area contributed by atoms with E-state index in [2.05, 4.69) is 46.4 Å². The van der Waals surface area contributed by atoms with Gasteiger partial charge in [-0.05, 0) is 66.5 Å². The van der Waals surface area contributed by atoms with E-state index in [9.17, 15) is 4.79 Å². The van der Waals surface area contributed by atoms with Crippen LogP contribution in [0.5, 0.6) is 0 Å². The third-order valence-electron chi connectivity index (χ3n) is 4.80. The number of carbonyl (C=O) groups excluding carboxylic acids is 1. The number of hydrogen-bond acceptors (Lipinski definition) is 1. The van der Waals surface area contributed by atoms with Crippen molar-refractivity contribution >= 4 is 21.8 Å². The molecule has 0 saturated heterocycles. The quantitative estimate of drug-likeness (QED) is 0.758. The molecular formula is C21H24BrNO. The lowest BCUT2D eigenvalue weighted by atomic mass is 9.88. The maximum atomic E-state index is 12.4. The number of fused-ring (bicyclic) bond motifs is 1. The van der Waals surface area contributed by atoms with Gasteiger partial charge in [0, 0.05) is 4.47 Å². The van der Waals surface area contributed by atoms with Gasteiger partial charge in [0.2, 0.25) is 5.91 Å². The minimum atomic E-state index is 0.0851. The van der Waals surface area contributed by atoms with Crippen molar-refractivity contribution in [1.82, 2.24) is 5.32 Å². The smallest absolute Gasteiger partial charge is 0.224 e. The van der Waals surface area contributed by atoms with Crippen LogP contribution in [0.4, 0.5) is 0 Å². The van der Waals surface area contributed by atoms with E-state index in [1.807, 2.05) is 24.3 Å². The minimum Gasteiger partial charge on any atom is -0.349 e. The van der Waals surface area contributed by atoms with Crippen LogP contribution in [-0.4, -0.2) is 5.91 Å². The van der Waals surface area contributed by atoms with E-state index in [0.717, 1.165) is 16.5 Å². The van der Waals surface area contributed by atoms with Crippen LogP contribution in [-0.2, 0) is 24.1 Å². The number of hydrogen-bond donors (Lipinski definition) is 1. The number of carbonyl (C=O) groups is 1. The van der Waals surface area contributed by atoms with Crippen molar-refractivity contribution < 1.29 is 4.79 Å². The van der Waals surface area contributed by atoms with Gasteiger partial charge in [0.05, 0.1) is 12.5 Å². The van der Waals surface area contributed by atoms with Crippen LogP contribution < -0.4 is 5.32 Å². The van der Waals surface area contributed by atoms with Gasteiger partial charge in [-0.3, -0.25) is 4.79 Å². The average molecular weight is 386 g/mol. The second-order valence-electron chi connectivity index (χ2n) is 6.57. The summed E-state index contributed by atoms with van der Waals surface area (Å²) in [6, 6.07) is 14.8. The van der Waals surface area contributed by atoms with Gasteiger partial charge in [-0.2, -0.15) is 0 Å². The number of amides is 1. The first kappa shape index (κ1) is 17.2. The summed E-state index contributed by atoms with van der Waals surface area (Å²) >= 11 is 3.42. The molecule has 3 rings (SSSR count). The molecule has 1 unspecified atom stereocenters. The van der Waals surface area contributed by atoms with Crippen molar-refractivity contribution in [2.75, 3.05) is 0 Å². The van der Waals surface area contributed by atoms with Crippen molar-refractivity contribution in [2.45, 2.75) is 51.5 Å². The Labute approximate surface area is 152 Å². The Morgan fingerprint density at radius 1 is 1.08 bits per heavy atom. The lowest BCUT2D eigenvalue weighted by Gasteiger charge is -2.22. The number of nitrogens with one attached hydrogen (secondary N) is 1. The van der Waals surface area contributed by atoms with Crippen LogP contribution in [0.3, 0.4) is 0 Å². The maximum Gasteiger partial charge on any atom is 0.224 e. The molecule has 0 heterocycles. The first-order valence-corrected chi connectivity index (χ1v) is 9.60. The van der Waals surface area contributed by atoms with E-state index in [4.69, 9.17) is 0 Å².